The van der Waals surface area contributed by atoms with Crippen molar-refractivity contribution in [1.29, 1.82) is 0 Å². The predicted octanol–water partition coefficient (Wildman–Crippen LogP) is 19.2. The Hall–Kier alpha value is -9.98. The zero-order valence-corrected chi connectivity index (χ0v) is 47.5. The highest BCUT2D eigenvalue weighted by molar-refractivity contribution is 6.00. The quantitative estimate of drug-likeness (QED) is 0.144. The highest BCUT2D eigenvalue weighted by Crippen LogP contribution is 2.58. The third-order valence-corrected chi connectivity index (χ3v) is 17.2. The Bertz CT molecular complexity index is 4550. The van der Waals surface area contributed by atoms with Crippen molar-refractivity contribution in [1.82, 2.24) is 18.9 Å². The molecule has 0 unspecified atom stereocenters. The highest BCUT2D eigenvalue weighted by Gasteiger charge is 2.47. The van der Waals surface area contributed by atoms with E-state index in [1.54, 1.807) is 0 Å². The molecule has 402 valence electrons. The van der Waals surface area contributed by atoms with Crippen LogP contribution in [0.1, 0.15) is 74.9 Å². The fourth-order valence-electron chi connectivity index (χ4n) is 13.2. The van der Waals surface area contributed by atoms with Crippen LogP contribution in [0.3, 0.4) is 0 Å². The zero-order valence-electron chi connectivity index (χ0n) is 47.5. The molecule has 0 atom stereocenters. The third-order valence-electron chi connectivity index (χ3n) is 17.2. The standard InChI is InChI=1S/C76H62N6O/c1-74(2,3)53-40-41-77-71(46-53)82-70-48-57(38-39-69(70)81-66-35-21-20-34-65(66)78-73(81)82)83-58-43-55(76(52-28-14-9-15-29-52)63-32-18-16-30-59(63)60-31-17-19-33-64(60)76)42-56(47-58)79-49-80(68-37-23-22-36-67(68)79)72-61(50-24-10-7-11-25-50)44-54(75(4,5)6)45-62(72)51-26-12-8-13-27-51/h7-48H,49H2,1-6H3. The van der Waals surface area contributed by atoms with E-state index in [0.717, 1.165) is 67.7 Å². The van der Waals surface area contributed by atoms with Gasteiger partial charge in [0.1, 0.15) is 24.0 Å². The summed E-state index contributed by atoms with van der Waals surface area (Å²) in [5.74, 6) is 3.01. The van der Waals surface area contributed by atoms with Crippen molar-refractivity contribution in [2.75, 3.05) is 16.5 Å². The summed E-state index contributed by atoms with van der Waals surface area (Å²) in [6.45, 7) is 14.2. The van der Waals surface area contributed by atoms with Gasteiger partial charge in [-0.05, 0) is 139 Å². The van der Waals surface area contributed by atoms with Gasteiger partial charge in [-0.1, -0.05) is 205 Å². The molecule has 83 heavy (non-hydrogen) atoms. The summed E-state index contributed by atoms with van der Waals surface area (Å²) in [6.07, 6.45) is 1.92. The minimum absolute atomic E-state index is 0.0936. The summed E-state index contributed by atoms with van der Waals surface area (Å²) in [5.41, 5.74) is 21.8. The van der Waals surface area contributed by atoms with Gasteiger partial charge in [0.2, 0.25) is 5.78 Å². The number of hydrogen-bond donors (Lipinski definition) is 0. The lowest BCUT2D eigenvalue weighted by atomic mass is 9.67. The van der Waals surface area contributed by atoms with E-state index in [2.05, 4.69) is 303 Å². The largest absolute Gasteiger partial charge is 0.457 e. The molecule has 2 aliphatic rings. The molecule has 0 saturated carbocycles. The van der Waals surface area contributed by atoms with Gasteiger partial charge in [0, 0.05) is 35.1 Å². The number of para-hydroxylation sites is 4. The van der Waals surface area contributed by atoms with Crippen molar-refractivity contribution in [3.63, 3.8) is 0 Å². The molecule has 7 heteroatoms. The monoisotopic (exact) mass is 1070 g/mol. The molecule has 0 spiro atoms. The van der Waals surface area contributed by atoms with Gasteiger partial charge in [-0.2, -0.15) is 0 Å². The van der Waals surface area contributed by atoms with Crippen molar-refractivity contribution >= 4 is 50.6 Å². The maximum absolute atomic E-state index is 7.47. The van der Waals surface area contributed by atoms with Gasteiger partial charge in [0.15, 0.2) is 0 Å². The fourth-order valence-corrected chi connectivity index (χ4v) is 13.2. The van der Waals surface area contributed by atoms with Crippen molar-refractivity contribution in [3.8, 4) is 50.7 Å². The Morgan fingerprint density at radius 2 is 1.01 bits per heavy atom. The van der Waals surface area contributed by atoms with Crippen molar-refractivity contribution in [2.24, 2.45) is 0 Å². The molecule has 4 heterocycles. The smallest absolute Gasteiger partial charge is 0.221 e. The number of benzene rings is 10. The average molecular weight is 1080 g/mol. The Kier molecular flexibility index (Phi) is 11.5. The number of ether oxygens (including phenoxy) is 1. The topological polar surface area (TPSA) is 50.8 Å². The first-order valence-electron chi connectivity index (χ1n) is 28.8. The maximum Gasteiger partial charge on any atom is 0.221 e. The molecule has 15 rings (SSSR count). The van der Waals surface area contributed by atoms with Crippen LogP contribution in [-0.4, -0.2) is 25.6 Å². The van der Waals surface area contributed by atoms with E-state index in [4.69, 9.17) is 14.7 Å². The van der Waals surface area contributed by atoms with Crippen molar-refractivity contribution in [2.45, 2.75) is 57.8 Å². The number of nitrogens with zero attached hydrogens (tertiary/aromatic N) is 6. The predicted molar refractivity (Wildman–Crippen MR) is 341 cm³/mol. The first-order valence-corrected chi connectivity index (χ1v) is 28.8. The highest BCUT2D eigenvalue weighted by atomic mass is 16.5. The molecule has 0 bridgehead atoms. The number of pyridine rings is 1. The second-order valence-electron chi connectivity index (χ2n) is 24.3. The molecule has 1 aliphatic heterocycles. The van der Waals surface area contributed by atoms with E-state index in [-0.39, 0.29) is 10.8 Å². The molecule has 0 radical (unpaired) electrons. The number of fused-ring (bicyclic) bond motifs is 9. The Balaban J connectivity index is 0.964. The maximum atomic E-state index is 7.47. The fraction of sp³-hybridized carbons (Fsp3) is 0.132. The van der Waals surface area contributed by atoms with E-state index in [1.807, 2.05) is 12.3 Å². The minimum Gasteiger partial charge on any atom is -0.457 e. The van der Waals surface area contributed by atoms with Gasteiger partial charge in [-0.15, -0.1) is 0 Å². The molecule has 0 saturated heterocycles. The van der Waals surface area contributed by atoms with Crippen molar-refractivity contribution < 1.29 is 4.74 Å². The van der Waals surface area contributed by atoms with Crippen LogP contribution in [0, 0.1) is 0 Å². The number of hydrogen-bond acceptors (Lipinski definition) is 5. The van der Waals surface area contributed by atoms with E-state index in [9.17, 15) is 0 Å². The van der Waals surface area contributed by atoms with Gasteiger partial charge in [-0.3, -0.25) is 8.97 Å². The van der Waals surface area contributed by atoms with E-state index < -0.39 is 5.41 Å². The molecule has 0 fully saturated rings. The van der Waals surface area contributed by atoms with Crippen LogP contribution in [0.5, 0.6) is 11.5 Å². The molecule has 3 aromatic heterocycles. The van der Waals surface area contributed by atoms with Crippen LogP contribution in [0.2, 0.25) is 0 Å². The minimum atomic E-state index is -0.708. The molecule has 7 nitrogen and oxygen atoms in total. The number of imidazole rings is 2. The third kappa shape index (κ3) is 8.08. The summed E-state index contributed by atoms with van der Waals surface area (Å²) in [5, 5.41) is 0. The van der Waals surface area contributed by atoms with Gasteiger partial charge in [0.05, 0.1) is 44.5 Å². The SMILES string of the molecule is CC(C)(C)c1ccnc(-n2c3cc(Oc4cc(N5CN(c6c(-c7ccccc7)cc(C(C)(C)C)cc6-c6ccccc6)c6ccccc65)cc(C5(c6ccccc6)c6ccccc6-c6ccccc65)c4)ccc3n3c4ccccc4nc23)c1. The molecular weight excluding hydrogens is 1010 g/mol. The first kappa shape index (κ1) is 50.0. The first-order chi connectivity index (χ1) is 40.4. The molecule has 0 N–H and O–H groups in total. The summed E-state index contributed by atoms with van der Waals surface area (Å²) in [7, 11) is 0. The summed E-state index contributed by atoms with van der Waals surface area (Å²) >= 11 is 0. The lowest BCUT2D eigenvalue weighted by Crippen LogP contribution is -2.29. The number of anilines is 4. The van der Waals surface area contributed by atoms with Gasteiger partial charge in [-0.25, -0.2) is 9.97 Å². The Morgan fingerprint density at radius 1 is 0.434 bits per heavy atom. The van der Waals surface area contributed by atoms with Crippen LogP contribution in [0.4, 0.5) is 22.7 Å². The second-order valence-corrected chi connectivity index (χ2v) is 24.3. The molecule has 1 aliphatic carbocycles. The van der Waals surface area contributed by atoms with Crippen LogP contribution < -0.4 is 14.5 Å². The van der Waals surface area contributed by atoms with Gasteiger partial charge >= 0.3 is 0 Å². The summed E-state index contributed by atoms with van der Waals surface area (Å²) in [4.78, 5) is 15.3. The van der Waals surface area contributed by atoms with Crippen LogP contribution in [0.25, 0.3) is 67.0 Å². The molecule has 10 aromatic carbocycles. The van der Waals surface area contributed by atoms with Crippen LogP contribution in [-0.2, 0) is 16.2 Å². The van der Waals surface area contributed by atoms with Crippen LogP contribution >= 0.6 is 0 Å². The molecular formula is C76H62N6O. The lowest BCUT2D eigenvalue weighted by Gasteiger charge is -2.35. The summed E-state index contributed by atoms with van der Waals surface area (Å²) < 4.78 is 11.9. The van der Waals surface area contributed by atoms with Crippen molar-refractivity contribution in [3.05, 3.63) is 288 Å². The number of aromatic nitrogens is 4. The normalized spacial score (nSPS) is 13.7. The second kappa shape index (κ2) is 19.1. The van der Waals surface area contributed by atoms with Gasteiger partial charge < -0.3 is 14.5 Å². The van der Waals surface area contributed by atoms with Crippen LogP contribution in [0.15, 0.2) is 255 Å². The average Bonchev–Trinajstić information content (AvgIpc) is 2.00. The zero-order chi connectivity index (χ0) is 56.2. The summed E-state index contributed by atoms with van der Waals surface area (Å²) in [6, 6.07) is 90.6. The van der Waals surface area contributed by atoms with E-state index >= 15 is 0 Å². The number of rotatable bonds is 9. The van der Waals surface area contributed by atoms with E-state index in [1.165, 1.54) is 61.2 Å². The van der Waals surface area contributed by atoms with E-state index in [0.29, 0.717) is 12.4 Å². The lowest BCUT2D eigenvalue weighted by molar-refractivity contribution is 0.482. The van der Waals surface area contributed by atoms with Gasteiger partial charge in [0.25, 0.3) is 0 Å². The molecule has 13 aromatic rings. The molecule has 0 amide bonds. The Labute approximate surface area is 485 Å². The Morgan fingerprint density at radius 3 is 1.66 bits per heavy atom.